The Hall–Kier alpha value is -1.77. The van der Waals surface area contributed by atoms with E-state index in [2.05, 4.69) is 92.7 Å². The molecule has 0 aliphatic heterocycles. The number of aromatic nitrogens is 1. The van der Waals surface area contributed by atoms with Crippen molar-refractivity contribution in [1.82, 2.24) is 4.98 Å². The van der Waals surface area contributed by atoms with Gasteiger partial charge in [-0.15, -0.1) is 22.7 Å². The van der Waals surface area contributed by atoms with E-state index < -0.39 is 0 Å². The molecule has 0 saturated heterocycles. The summed E-state index contributed by atoms with van der Waals surface area (Å²) >= 11 is 5.58. The molecule has 24 heavy (non-hydrogen) atoms. The lowest BCUT2D eigenvalue weighted by molar-refractivity contribution is 1.29. The molecule has 2 heterocycles. The third-order valence-electron chi connectivity index (χ3n) is 3.44. The fourth-order valence-corrected chi connectivity index (χ4v) is 4.26. The maximum Gasteiger partial charge on any atom is 0.203 e. The topological polar surface area (TPSA) is 37.3 Å². The summed E-state index contributed by atoms with van der Waals surface area (Å²) < 4.78 is 2.49. The quantitative estimate of drug-likeness (QED) is 0.227. The SMILES string of the molecule is Ic1ccc(-c2csc(N/N=C/c3cc4ccccc4s3)n2)cc1. The first-order valence-electron chi connectivity index (χ1n) is 7.27. The molecule has 0 aliphatic rings. The number of anilines is 1. The normalized spacial score (nSPS) is 11.4. The van der Waals surface area contributed by atoms with Crippen molar-refractivity contribution < 1.29 is 0 Å². The van der Waals surface area contributed by atoms with Gasteiger partial charge in [-0.3, -0.25) is 5.43 Å². The molecule has 0 aliphatic carbocycles. The predicted molar refractivity (Wildman–Crippen MR) is 113 cm³/mol. The van der Waals surface area contributed by atoms with E-state index in [0.29, 0.717) is 0 Å². The van der Waals surface area contributed by atoms with Gasteiger partial charge in [0.15, 0.2) is 0 Å². The Morgan fingerprint density at radius 3 is 2.75 bits per heavy atom. The van der Waals surface area contributed by atoms with Gasteiger partial charge in [-0.25, -0.2) is 4.98 Å². The van der Waals surface area contributed by atoms with Crippen LogP contribution in [-0.2, 0) is 0 Å². The van der Waals surface area contributed by atoms with Crippen molar-refractivity contribution in [3.63, 3.8) is 0 Å². The van der Waals surface area contributed by atoms with Crippen molar-refractivity contribution in [2.24, 2.45) is 5.10 Å². The maximum atomic E-state index is 4.58. The third-order valence-corrected chi connectivity index (χ3v) is 5.96. The first-order chi connectivity index (χ1) is 11.8. The minimum absolute atomic E-state index is 0.793. The van der Waals surface area contributed by atoms with Gasteiger partial charge in [-0.1, -0.05) is 30.3 Å². The molecule has 0 atom stereocenters. The third kappa shape index (κ3) is 3.50. The van der Waals surface area contributed by atoms with E-state index in [0.717, 1.165) is 21.3 Å². The second-order valence-corrected chi connectivity index (χ2v) is 8.32. The molecule has 0 radical (unpaired) electrons. The zero-order chi connectivity index (χ0) is 16.4. The van der Waals surface area contributed by atoms with Gasteiger partial charge >= 0.3 is 0 Å². The summed E-state index contributed by atoms with van der Waals surface area (Å²) in [5.41, 5.74) is 5.11. The van der Waals surface area contributed by atoms with Crippen molar-refractivity contribution in [2.45, 2.75) is 0 Å². The van der Waals surface area contributed by atoms with Gasteiger partial charge in [-0.05, 0) is 52.2 Å². The van der Waals surface area contributed by atoms with E-state index in [1.807, 2.05) is 11.6 Å². The Balaban J connectivity index is 1.47. The van der Waals surface area contributed by atoms with E-state index >= 15 is 0 Å². The Labute approximate surface area is 161 Å². The monoisotopic (exact) mass is 461 g/mol. The number of nitrogens with one attached hydrogen (secondary N) is 1. The number of fused-ring (bicyclic) bond motifs is 1. The Morgan fingerprint density at radius 2 is 1.92 bits per heavy atom. The van der Waals surface area contributed by atoms with Crippen molar-refractivity contribution >= 4 is 66.7 Å². The number of hydrogen-bond acceptors (Lipinski definition) is 5. The van der Waals surface area contributed by atoms with Crippen LogP contribution in [0.3, 0.4) is 0 Å². The van der Waals surface area contributed by atoms with Gasteiger partial charge in [-0.2, -0.15) is 5.10 Å². The average Bonchev–Trinajstić information content (AvgIpc) is 3.22. The lowest BCUT2D eigenvalue weighted by atomic mass is 10.2. The fourth-order valence-electron chi connectivity index (χ4n) is 2.30. The van der Waals surface area contributed by atoms with Crippen molar-refractivity contribution in [2.75, 3.05) is 5.43 Å². The Kier molecular flexibility index (Phi) is 4.59. The Bertz CT molecular complexity index is 969. The number of halogens is 1. The van der Waals surface area contributed by atoms with Gasteiger partial charge in [0, 0.05) is 24.1 Å². The molecular weight excluding hydrogens is 449 g/mol. The van der Waals surface area contributed by atoms with Crippen molar-refractivity contribution in [1.29, 1.82) is 0 Å². The molecule has 0 fully saturated rings. The molecule has 0 saturated carbocycles. The highest BCUT2D eigenvalue weighted by Gasteiger charge is 2.04. The van der Waals surface area contributed by atoms with E-state index in [1.165, 1.54) is 13.7 Å². The van der Waals surface area contributed by atoms with E-state index in [9.17, 15) is 0 Å². The van der Waals surface area contributed by atoms with Crippen LogP contribution in [0.4, 0.5) is 5.13 Å². The van der Waals surface area contributed by atoms with Crippen LogP contribution >= 0.6 is 45.3 Å². The van der Waals surface area contributed by atoms with Crippen LogP contribution < -0.4 is 5.43 Å². The number of thiazole rings is 1. The number of hydrogen-bond donors (Lipinski definition) is 1. The summed E-state index contributed by atoms with van der Waals surface area (Å²) in [6, 6.07) is 18.8. The molecule has 3 nitrogen and oxygen atoms in total. The maximum absolute atomic E-state index is 4.58. The Morgan fingerprint density at radius 1 is 1.08 bits per heavy atom. The van der Waals surface area contributed by atoms with Gasteiger partial charge in [0.1, 0.15) is 0 Å². The first kappa shape index (κ1) is 15.7. The van der Waals surface area contributed by atoms with Crippen LogP contribution in [0.25, 0.3) is 21.3 Å². The van der Waals surface area contributed by atoms with Crippen LogP contribution in [0, 0.1) is 3.57 Å². The first-order valence-corrected chi connectivity index (χ1v) is 10.0. The highest BCUT2D eigenvalue weighted by Crippen LogP contribution is 2.26. The lowest BCUT2D eigenvalue weighted by Gasteiger charge is -1.96. The number of hydrazone groups is 1. The molecule has 4 aromatic rings. The minimum Gasteiger partial charge on any atom is -0.253 e. The lowest BCUT2D eigenvalue weighted by Crippen LogP contribution is -1.88. The molecular formula is C18H12IN3S2. The van der Waals surface area contributed by atoms with Crippen LogP contribution in [0.15, 0.2) is 65.1 Å². The van der Waals surface area contributed by atoms with Crippen molar-refractivity contribution in [3.05, 3.63) is 68.4 Å². The molecule has 2 aromatic carbocycles. The van der Waals surface area contributed by atoms with Gasteiger partial charge in [0.2, 0.25) is 5.13 Å². The van der Waals surface area contributed by atoms with E-state index in [4.69, 9.17) is 0 Å². The zero-order valence-electron chi connectivity index (χ0n) is 12.4. The second kappa shape index (κ2) is 7.00. The molecule has 1 N–H and O–H groups in total. The van der Waals surface area contributed by atoms with Crippen LogP contribution in [0.2, 0.25) is 0 Å². The number of rotatable bonds is 4. The molecule has 0 amide bonds. The molecule has 4 rings (SSSR count). The molecule has 118 valence electrons. The van der Waals surface area contributed by atoms with Gasteiger partial charge in [0.05, 0.1) is 11.9 Å². The molecule has 0 bridgehead atoms. The fraction of sp³-hybridized carbons (Fsp3) is 0. The van der Waals surface area contributed by atoms with Crippen LogP contribution in [0.1, 0.15) is 4.88 Å². The van der Waals surface area contributed by atoms with Crippen molar-refractivity contribution in [3.8, 4) is 11.3 Å². The summed E-state index contributed by atoms with van der Waals surface area (Å²) in [7, 11) is 0. The standard InChI is InChI=1S/C18H12IN3S2/c19-14-7-5-12(6-8-14)16-11-23-18(21-16)22-20-10-15-9-13-3-1-2-4-17(13)24-15/h1-11H,(H,21,22)/b20-10+. The van der Waals surface area contributed by atoms with Gasteiger partial charge < -0.3 is 0 Å². The summed E-state index contributed by atoms with van der Waals surface area (Å²) in [5.74, 6) is 0. The molecule has 0 unspecified atom stereocenters. The summed E-state index contributed by atoms with van der Waals surface area (Å²) in [6.07, 6.45) is 1.84. The molecule has 6 heteroatoms. The van der Waals surface area contributed by atoms with Gasteiger partial charge in [0.25, 0.3) is 0 Å². The van der Waals surface area contributed by atoms with Crippen LogP contribution in [0.5, 0.6) is 0 Å². The van der Waals surface area contributed by atoms with E-state index in [-0.39, 0.29) is 0 Å². The minimum atomic E-state index is 0.793. The molecule has 0 spiro atoms. The summed E-state index contributed by atoms with van der Waals surface area (Å²) in [6.45, 7) is 0. The molecule has 2 aromatic heterocycles. The number of nitrogens with zero attached hydrogens (tertiary/aromatic N) is 2. The predicted octanol–water partition coefficient (Wildman–Crippen LogP) is 6.08. The average molecular weight is 461 g/mol. The summed E-state index contributed by atoms with van der Waals surface area (Å²) in [4.78, 5) is 5.70. The van der Waals surface area contributed by atoms with Crippen LogP contribution in [-0.4, -0.2) is 11.2 Å². The largest absolute Gasteiger partial charge is 0.253 e. The van der Waals surface area contributed by atoms with E-state index in [1.54, 1.807) is 22.7 Å². The number of benzene rings is 2. The summed E-state index contributed by atoms with van der Waals surface area (Å²) in [5, 5.41) is 8.39. The zero-order valence-corrected chi connectivity index (χ0v) is 16.2. The highest BCUT2D eigenvalue weighted by molar-refractivity contribution is 14.1. The highest BCUT2D eigenvalue weighted by atomic mass is 127. The second-order valence-electron chi connectivity index (χ2n) is 5.10. The number of thiophene rings is 1. The smallest absolute Gasteiger partial charge is 0.203 e.